The van der Waals surface area contributed by atoms with Crippen molar-refractivity contribution in [1.82, 2.24) is 0 Å². The predicted molar refractivity (Wildman–Crippen MR) is 90.3 cm³/mol. The van der Waals surface area contributed by atoms with Crippen LogP contribution in [-0.2, 0) is 4.79 Å². The fourth-order valence-corrected chi connectivity index (χ4v) is 2.60. The Hall–Kier alpha value is -1.64. The number of nitrogens with zero attached hydrogens (tertiary/aromatic N) is 1. The van der Waals surface area contributed by atoms with E-state index in [-0.39, 0.29) is 32.3 Å². The molecule has 2 rings (SSSR count). The number of rotatable bonds is 4. The second-order valence-electron chi connectivity index (χ2n) is 4.19. The number of hydrogen-bond donors (Lipinski definition) is 0. The van der Waals surface area contributed by atoms with Crippen molar-refractivity contribution in [2.24, 2.45) is 0 Å². The second kappa shape index (κ2) is 7.76. The molecule has 0 N–H and O–H groups in total. The average Bonchev–Trinajstić information content (AvgIpc) is 2.49. The Morgan fingerprint density at radius 2 is 1.70 bits per heavy atom. The Morgan fingerprint density at radius 3 is 2.26 bits per heavy atom. The highest BCUT2D eigenvalue weighted by atomic mass is 35.5. The maximum atomic E-state index is 11.8. The number of carbonyl (C=O) groups is 1. The van der Waals surface area contributed by atoms with Crippen molar-refractivity contribution in [1.29, 1.82) is 0 Å². The molecule has 118 valence electrons. The minimum atomic E-state index is -0.727. The zero-order valence-corrected chi connectivity index (χ0v) is 14.3. The molecule has 0 spiro atoms. The smallest absolute Gasteiger partial charge is 0.349 e. The third kappa shape index (κ3) is 4.66. The normalized spacial score (nSPS) is 10.0. The van der Waals surface area contributed by atoms with Gasteiger partial charge in [-0.15, -0.1) is 0 Å². The molecule has 0 atom stereocenters. The molecule has 0 saturated carbocycles. The molecule has 2 aromatic rings. The molecule has 0 unspecified atom stereocenters. The van der Waals surface area contributed by atoms with Gasteiger partial charge in [0.1, 0.15) is 5.75 Å². The van der Waals surface area contributed by atoms with Gasteiger partial charge in [-0.05, 0) is 30.3 Å². The monoisotopic (exact) mass is 389 g/mol. The Bertz CT molecular complexity index is 779. The van der Waals surface area contributed by atoms with Gasteiger partial charge in [0.05, 0.1) is 21.6 Å². The first-order valence-electron chi connectivity index (χ1n) is 6.05. The fourth-order valence-electron chi connectivity index (χ4n) is 1.58. The Balaban J connectivity index is 2.04. The summed E-state index contributed by atoms with van der Waals surface area (Å²) < 4.78 is 10.3. The molecule has 23 heavy (non-hydrogen) atoms. The van der Waals surface area contributed by atoms with Crippen LogP contribution in [0.1, 0.15) is 0 Å². The summed E-state index contributed by atoms with van der Waals surface area (Å²) in [5.41, 5.74) is 0.240. The predicted octanol–water partition coefficient (Wildman–Crippen LogP) is 5.84. The topological polar surface area (TPSA) is 39.9 Å². The summed E-state index contributed by atoms with van der Waals surface area (Å²) >= 11 is 23.6. The fraction of sp³-hybridized carbons (Fsp3) is 0.0667. The molecule has 0 amide bonds. The van der Waals surface area contributed by atoms with Gasteiger partial charge in [-0.3, -0.25) is 0 Å². The van der Waals surface area contributed by atoms with E-state index in [0.717, 1.165) is 0 Å². The van der Waals surface area contributed by atoms with Gasteiger partial charge in [0.2, 0.25) is 0 Å². The number of carbonyl (C=O) groups excluding carboxylic acids is 1. The third-order valence-corrected chi connectivity index (χ3v) is 3.66. The maximum absolute atomic E-state index is 11.8. The second-order valence-corrected chi connectivity index (χ2v) is 5.85. The van der Waals surface area contributed by atoms with Crippen LogP contribution in [0.5, 0.6) is 11.5 Å². The number of esters is 1. The maximum Gasteiger partial charge on any atom is 0.349 e. The largest absolute Gasteiger partial charge is 0.480 e. The molecule has 8 heteroatoms. The van der Waals surface area contributed by atoms with Gasteiger partial charge in [-0.25, -0.2) is 9.64 Å². The zero-order valence-electron chi connectivity index (χ0n) is 11.3. The Labute approximate surface area is 152 Å². The SMILES string of the molecule is [C-]#[N+]c1cc(Cl)c(OC(=O)COc2ccc(Cl)cc2Cl)c(Cl)c1. The van der Waals surface area contributed by atoms with Gasteiger partial charge < -0.3 is 9.47 Å². The summed E-state index contributed by atoms with van der Waals surface area (Å²) in [6, 6.07) is 7.29. The number of ether oxygens (including phenoxy) is 2. The van der Waals surface area contributed by atoms with Crippen molar-refractivity contribution in [3.8, 4) is 11.5 Å². The van der Waals surface area contributed by atoms with Gasteiger partial charge in [0.15, 0.2) is 18.0 Å². The average molecular weight is 391 g/mol. The van der Waals surface area contributed by atoms with Crippen molar-refractivity contribution in [3.63, 3.8) is 0 Å². The molecule has 0 aliphatic carbocycles. The van der Waals surface area contributed by atoms with E-state index >= 15 is 0 Å². The van der Waals surface area contributed by atoms with Crippen molar-refractivity contribution >= 4 is 58.1 Å². The summed E-state index contributed by atoms with van der Waals surface area (Å²) in [7, 11) is 0. The van der Waals surface area contributed by atoms with E-state index in [1.54, 1.807) is 6.07 Å². The summed E-state index contributed by atoms with van der Waals surface area (Å²) in [6.45, 7) is 6.50. The highest BCUT2D eigenvalue weighted by Crippen LogP contribution is 2.37. The quantitative estimate of drug-likeness (QED) is 0.374. The van der Waals surface area contributed by atoms with Crippen LogP contribution in [0, 0.1) is 6.57 Å². The number of benzene rings is 2. The van der Waals surface area contributed by atoms with E-state index in [1.165, 1.54) is 24.3 Å². The Kier molecular flexibility index (Phi) is 5.97. The molecule has 0 aromatic heterocycles. The molecule has 0 aliphatic rings. The van der Waals surface area contributed by atoms with Gasteiger partial charge >= 0.3 is 5.97 Å². The molecular formula is C15H7Cl4NO3. The third-order valence-electron chi connectivity index (χ3n) is 2.57. The number of hydrogen-bond acceptors (Lipinski definition) is 3. The van der Waals surface area contributed by atoms with Gasteiger partial charge in [-0.1, -0.05) is 46.4 Å². The minimum Gasteiger partial charge on any atom is -0.480 e. The van der Waals surface area contributed by atoms with Gasteiger partial charge in [0.25, 0.3) is 0 Å². The first kappa shape index (κ1) is 17.7. The lowest BCUT2D eigenvalue weighted by atomic mass is 10.3. The minimum absolute atomic E-state index is 0.0310. The lowest BCUT2D eigenvalue weighted by Crippen LogP contribution is -2.18. The van der Waals surface area contributed by atoms with Crippen LogP contribution < -0.4 is 9.47 Å². The Morgan fingerprint density at radius 1 is 1.04 bits per heavy atom. The van der Waals surface area contributed by atoms with Crippen LogP contribution >= 0.6 is 46.4 Å². The molecule has 0 heterocycles. The van der Waals surface area contributed by atoms with Crippen LogP contribution in [0.2, 0.25) is 20.1 Å². The number of halogens is 4. The molecule has 0 saturated heterocycles. The van der Waals surface area contributed by atoms with Crippen molar-refractivity contribution in [3.05, 3.63) is 61.8 Å². The van der Waals surface area contributed by atoms with E-state index in [0.29, 0.717) is 5.02 Å². The molecule has 0 fully saturated rings. The molecule has 0 bridgehead atoms. The van der Waals surface area contributed by atoms with E-state index in [9.17, 15) is 4.79 Å². The van der Waals surface area contributed by atoms with Crippen LogP contribution in [0.15, 0.2) is 30.3 Å². The molecule has 2 aromatic carbocycles. The molecule has 0 aliphatic heterocycles. The van der Waals surface area contributed by atoms with Crippen molar-refractivity contribution in [2.75, 3.05) is 6.61 Å². The van der Waals surface area contributed by atoms with E-state index in [1.807, 2.05) is 0 Å². The lowest BCUT2D eigenvalue weighted by Gasteiger charge is -2.10. The zero-order chi connectivity index (χ0) is 17.0. The molecular weight excluding hydrogens is 384 g/mol. The van der Waals surface area contributed by atoms with Crippen molar-refractivity contribution in [2.45, 2.75) is 0 Å². The van der Waals surface area contributed by atoms with Crippen molar-refractivity contribution < 1.29 is 14.3 Å². The summed E-state index contributed by atoms with van der Waals surface area (Å²) in [6.07, 6.45) is 0. The van der Waals surface area contributed by atoms with E-state index < -0.39 is 12.6 Å². The van der Waals surface area contributed by atoms with Crippen LogP contribution in [0.4, 0.5) is 5.69 Å². The van der Waals surface area contributed by atoms with Crippen LogP contribution in [0.25, 0.3) is 4.85 Å². The highest BCUT2D eigenvalue weighted by molar-refractivity contribution is 6.38. The van der Waals surface area contributed by atoms with Crippen LogP contribution in [0.3, 0.4) is 0 Å². The first-order valence-corrected chi connectivity index (χ1v) is 7.57. The standard InChI is InChI=1S/C15H7Cl4NO3/c1-20-9-5-11(18)15(12(19)6-9)23-14(21)7-22-13-3-2-8(16)4-10(13)17/h2-6H,7H2. The van der Waals surface area contributed by atoms with E-state index in [4.69, 9.17) is 62.4 Å². The highest BCUT2D eigenvalue weighted by Gasteiger charge is 2.15. The first-order chi connectivity index (χ1) is 10.9. The van der Waals surface area contributed by atoms with E-state index in [2.05, 4.69) is 4.85 Å². The van der Waals surface area contributed by atoms with Crippen LogP contribution in [-0.4, -0.2) is 12.6 Å². The molecule has 4 nitrogen and oxygen atoms in total. The summed E-state index contributed by atoms with van der Waals surface area (Å²) in [5.74, 6) is -0.472. The van der Waals surface area contributed by atoms with Gasteiger partial charge in [0, 0.05) is 5.02 Å². The van der Waals surface area contributed by atoms with Gasteiger partial charge in [-0.2, -0.15) is 0 Å². The summed E-state index contributed by atoms with van der Waals surface area (Å²) in [5, 5.41) is 0.828. The lowest BCUT2D eigenvalue weighted by molar-refractivity contribution is -0.136. The summed E-state index contributed by atoms with van der Waals surface area (Å²) in [4.78, 5) is 15.0. The molecule has 0 radical (unpaired) electrons.